The molecule has 3 nitrogen and oxygen atoms in total. The predicted molar refractivity (Wildman–Crippen MR) is 78.9 cm³/mol. The molecule has 1 aromatic rings. The van der Waals surface area contributed by atoms with Crippen LogP contribution in [0, 0.1) is 5.92 Å². The summed E-state index contributed by atoms with van der Waals surface area (Å²) < 4.78 is 0. The van der Waals surface area contributed by atoms with E-state index in [1.807, 2.05) is 12.1 Å². The fraction of sp³-hybridized carbons (Fsp3) is 0.600. The molecule has 1 aliphatic carbocycles. The average Bonchev–Trinajstić information content (AvgIpc) is 3.22. The fourth-order valence-corrected chi connectivity index (χ4v) is 3.07. The molecule has 1 aromatic carbocycles. The summed E-state index contributed by atoms with van der Waals surface area (Å²) in [6.45, 7) is 4.45. The molecule has 2 fully saturated rings. The third-order valence-corrected chi connectivity index (χ3v) is 4.33. The van der Waals surface area contributed by atoms with Gasteiger partial charge in [0.25, 0.3) is 0 Å². The SMILES string of the molecule is CC1CCCN(c2cc(B(O)O)cc(C3CC3)c2)C1. The van der Waals surface area contributed by atoms with Gasteiger partial charge in [0.1, 0.15) is 0 Å². The highest BCUT2D eigenvalue weighted by molar-refractivity contribution is 6.58. The lowest BCUT2D eigenvalue weighted by atomic mass is 9.78. The van der Waals surface area contributed by atoms with Crippen LogP contribution in [-0.2, 0) is 0 Å². The van der Waals surface area contributed by atoms with Crippen LogP contribution in [0.15, 0.2) is 18.2 Å². The van der Waals surface area contributed by atoms with E-state index in [1.54, 1.807) is 0 Å². The molecule has 19 heavy (non-hydrogen) atoms. The van der Waals surface area contributed by atoms with E-state index in [0.717, 1.165) is 19.0 Å². The topological polar surface area (TPSA) is 43.7 Å². The minimum atomic E-state index is -1.36. The van der Waals surface area contributed by atoms with Crippen LogP contribution in [0.25, 0.3) is 0 Å². The van der Waals surface area contributed by atoms with E-state index in [0.29, 0.717) is 11.4 Å². The molecule has 1 saturated heterocycles. The van der Waals surface area contributed by atoms with Crippen molar-refractivity contribution in [3.8, 4) is 0 Å². The smallest absolute Gasteiger partial charge is 0.423 e. The van der Waals surface area contributed by atoms with Crippen molar-refractivity contribution in [3.05, 3.63) is 23.8 Å². The van der Waals surface area contributed by atoms with Gasteiger partial charge in [-0.05, 0) is 60.7 Å². The van der Waals surface area contributed by atoms with Gasteiger partial charge >= 0.3 is 7.12 Å². The first-order valence-electron chi connectivity index (χ1n) is 7.39. The molecule has 1 heterocycles. The maximum absolute atomic E-state index is 9.46. The minimum absolute atomic E-state index is 0.637. The number of benzene rings is 1. The molecule has 1 atom stereocenters. The van der Waals surface area contributed by atoms with Gasteiger partial charge in [0, 0.05) is 18.8 Å². The summed E-state index contributed by atoms with van der Waals surface area (Å²) in [4.78, 5) is 2.39. The van der Waals surface area contributed by atoms with Crippen molar-refractivity contribution in [2.24, 2.45) is 5.92 Å². The molecule has 2 aliphatic rings. The summed E-state index contributed by atoms with van der Waals surface area (Å²) in [6.07, 6.45) is 5.00. The molecule has 1 saturated carbocycles. The normalized spacial score (nSPS) is 23.5. The lowest BCUT2D eigenvalue weighted by Gasteiger charge is -2.33. The van der Waals surface area contributed by atoms with Gasteiger partial charge in [-0.15, -0.1) is 0 Å². The van der Waals surface area contributed by atoms with Crippen LogP contribution in [-0.4, -0.2) is 30.3 Å². The summed E-state index contributed by atoms with van der Waals surface area (Å²) in [5.41, 5.74) is 3.08. The first-order valence-corrected chi connectivity index (χ1v) is 7.39. The molecule has 1 aliphatic heterocycles. The molecular formula is C15H22BNO2. The van der Waals surface area contributed by atoms with E-state index in [-0.39, 0.29) is 0 Å². The minimum Gasteiger partial charge on any atom is -0.423 e. The maximum atomic E-state index is 9.46. The van der Waals surface area contributed by atoms with Crippen LogP contribution in [0.4, 0.5) is 5.69 Å². The predicted octanol–water partition coefficient (Wildman–Crippen LogP) is 1.48. The van der Waals surface area contributed by atoms with E-state index in [9.17, 15) is 10.0 Å². The van der Waals surface area contributed by atoms with E-state index in [1.165, 1.54) is 36.9 Å². The molecule has 4 heteroatoms. The highest BCUT2D eigenvalue weighted by Gasteiger charge is 2.27. The molecule has 2 N–H and O–H groups in total. The number of hydrogen-bond acceptors (Lipinski definition) is 3. The lowest BCUT2D eigenvalue weighted by Crippen LogP contribution is -2.36. The van der Waals surface area contributed by atoms with Crippen molar-refractivity contribution < 1.29 is 10.0 Å². The second-order valence-corrected chi connectivity index (χ2v) is 6.20. The summed E-state index contributed by atoms with van der Waals surface area (Å²) in [7, 11) is -1.36. The van der Waals surface area contributed by atoms with Crippen molar-refractivity contribution in [3.63, 3.8) is 0 Å². The molecule has 1 unspecified atom stereocenters. The molecule has 0 spiro atoms. The zero-order valence-electron chi connectivity index (χ0n) is 11.5. The third-order valence-electron chi connectivity index (χ3n) is 4.33. The van der Waals surface area contributed by atoms with E-state index >= 15 is 0 Å². The number of piperidine rings is 1. The van der Waals surface area contributed by atoms with Crippen molar-refractivity contribution in [2.75, 3.05) is 18.0 Å². The van der Waals surface area contributed by atoms with Crippen LogP contribution < -0.4 is 10.4 Å². The van der Waals surface area contributed by atoms with E-state index in [4.69, 9.17) is 0 Å². The quantitative estimate of drug-likeness (QED) is 0.808. The second-order valence-electron chi connectivity index (χ2n) is 6.20. The largest absolute Gasteiger partial charge is 0.488 e. The molecular weight excluding hydrogens is 237 g/mol. The molecule has 0 bridgehead atoms. The standard InChI is InChI=1S/C15H22BNO2/c1-11-3-2-6-17(10-11)15-8-13(12-4-5-12)7-14(9-15)16(18)19/h7-9,11-12,18-19H,2-6,10H2,1H3. The zero-order valence-corrected chi connectivity index (χ0v) is 11.5. The highest BCUT2D eigenvalue weighted by atomic mass is 16.4. The van der Waals surface area contributed by atoms with Crippen LogP contribution in [0.5, 0.6) is 0 Å². The van der Waals surface area contributed by atoms with Gasteiger partial charge in [0.05, 0.1) is 0 Å². The van der Waals surface area contributed by atoms with Gasteiger partial charge in [0.15, 0.2) is 0 Å². The summed E-state index contributed by atoms with van der Waals surface area (Å²) in [6, 6.07) is 6.15. The first-order chi connectivity index (χ1) is 9.13. The molecule has 102 valence electrons. The zero-order chi connectivity index (χ0) is 13.4. The Morgan fingerprint density at radius 2 is 1.95 bits per heavy atom. The van der Waals surface area contributed by atoms with Crippen LogP contribution in [0.1, 0.15) is 44.1 Å². The number of rotatable bonds is 3. The van der Waals surface area contributed by atoms with Crippen molar-refractivity contribution in [1.29, 1.82) is 0 Å². The van der Waals surface area contributed by atoms with Crippen LogP contribution in [0.2, 0.25) is 0 Å². The molecule has 3 rings (SSSR count). The van der Waals surface area contributed by atoms with Crippen LogP contribution >= 0.6 is 0 Å². The maximum Gasteiger partial charge on any atom is 0.488 e. The monoisotopic (exact) mass is 259 g/mol. The Morgan fingerprint density at radius 1 is 1.16 bits per heavy atom. The van der Waals surface area contributed by atoms with Gasteiger partial charge in [-0.2, -0.15) is 0 Å². The van der Waals surface area contributed by atoms with Gasteiger partial charge < -0.3 is 14.9 Å². The van der Waals surface area contributed by atoms with Gasteiger partial charge in [-0.25, -0.2) is 0 Å². The van der Waals surface area contributed by atoms with Crippen molar-refractivity contribution in [2.45, 2.75) is 38.5 Å². The van der Waals surface area contributed by atoms with E-state index < -0.39 is 7.12 Å². The number of hydrogen-bond donors (Lipinski definition) is 2. The van der Waals surface area contributed by atoms with E-state index in [2.05, 4.69) is 17.9 Å². The van der Waals surface area contributed by atoms with Gasteiger partial charge in [-0.3, -0.25) is 0 Å². The van der Waals surface area contributed by atoms with Gasteiger partial charge in [0.2, 0.25) is 0 Å². The Bertz CT molecular complexity index is 439. The summed E-state index contributed by atoms with van der Waals surface area (Å²) >= 11 is 0. The molecule has 0 amide bonds. The Balaban J connectivity index is 1.90. The van der Waals surface area contributed by atoms with Crippen molar-refractivity contribution in [1.82, 2.24) is 0 Å². The summed E-state index contributed by atoms with van der Waals surface area (Å²) in [5.74, 6) is 1.36. The molecule has 0 radical (unpaired) electrons. The number of anilines is 1. The second kappa shape index (κ2) is 5.18. The highest BCUT2D eigenvalue weighted by Crippen LogP contribution is 2.41. The Kier molecular flexibility index (Phi) is 3.55. The average molecular weight is 259 g/mol. The third kappa shape index (κ3) is 2.95. The Morgan fingerprint density at radius 3 is 2.58 bits per heavy atom. The fourth-order valence-electron chi connectivity index (χ4n) is 3.07. The molecule has 0 aromatic heterocycles. The first kappa shape index (κ1) is 13.0. The van der Waals surface area contributed by atoms with Gasteiger partial charge in [-0.1, -0.05) is 13.0 Å². The lowest BCUT2D eigenvalue weighted by molar-refractivity contribution is 0.425. The van der Waals surface area contributed by atoms with Crippen LogP contribution in [0.3, 0.4) is 0 Å². The number of nitrogens with zero attached hydrogens (tertiary/aromatic N) is 1. The summed E-state index contributed by atoms with van der Waals surface area (Å²) in [5, 5.41) is 18.9. The Hall–Kier alpha value is -0.995. The Labute approximate surface area is 115 Å². The van der Waals surface area contributed by atoms with Crippen molar-refractivity contribution >= 4 is 18.3 Å².